The van der Waals surface area contributed by atoms with Gasteiger partial charge in [0.15, 0.2) is 0 Å². The zero-order valence-corrected chi connectivity index (χ0v) is 16.7. The predicted molar refractivity (Wildman–Crippen MR) is 116 cm³/mol. The highest BCUT2D eigenvalue weighted by atomic mass is 35.5. The maximum atomic E-state index is 12.8. The number of amides is 2. The minimum Gasteiger partial charge on any atom is -0.354 e. The van der Waals surface area contributed by atoms with Crippen LogP contribution >= 0.6 is 11.6 Å². The largest absolute Gasteiger partial charge is 0.354 e. The first-order chi connectivity index (χ1) is 14.1. The van der Waals surface area contributed by atoms with Crippen LogP contribution in [0.5, 0.6) is 0 Å². The van der Waals surface area contributed by atoms with Gasteiger partial charge in [-0.1, -0.05) is 72.3 Å². The molecule has 0 fully saturated rings. The molecule has 3 rings (SSSR count). The van der Waals surface area contributed by atoms with Crippen LogP contribution in [0.25, 0.3) is 0 Å². The number of carbonyl (C=O) groups excluding carboxylic acids is 2. The molecular formula is C24H23ClN2O2. The fourth-order valence-corrected chi connectivity index (χ4v) is 3.13. The SMILES string of the molecule is O=C(NC(Cc1ccccc1)C(=O)NCCc1ccccc1)c1ccc(Cl)cc1. The van der Waals surface area contributed by atoms with Crippen LogP contribution in [0.1, 0.15) is 21.5 Å². The lowest BCUT2D eigenvalue weighted by molar-refractivity contribution is -0.122. The molecule has 0 aromatic heterocycles. The van der Waals surface area contributed by atoms with Crippen molar-refractivity contribution in [3.8, 4) is 0 Å². The average molecular weight is 407 g/mol. The third kappa shape index (κ3) is 6.47. The second kappa shape index (κ2) is 10.4. The first-order valence-electron chi connectivity index (χ1n) is 9.54. The van der Waals surface area contributed by atoms with Gasteiger partial charge in [-0.25, -0.2) is 0 Å². The molecule has 1 unspecified atom stereocenters. The Morgan fingerprint density at radius 2 is 1.38 bits per heavy atom. The summed E-state index contributed by atoms with van der Waals surface area (Å²) in [7, 11) is 0. The number of hydrogen-bond acceptors (Lipinski definition) is 2. The summed E-state index contributed by atoms with van der Waals surface area (Å²) < 4.78 is 0. The zero-order valence-electron chi connectivity index (χ0n) is 16.0. The van der Waals surface area contributed by atoms with Gasteiger partial charge in [-0.15, -0.1) is 0 Å². The molecule has 2 N–H and O–H groups in total. The van der Waals surface area contributed by atoms with E-state index in [0.717, 1.165) is 17.5 Å². The molecule has 1 atom stereocenters. The predicted octanol–water partition coefficient (Wildman–Crippen LogP) is 4.04. The molecule has 0 aliphatic carbocycles. The van der Waals surface area contributed by atoms with Crippen LogP contribution in [0.4, 0.5) is 0 Å². The summed E-state index contributed by atoms with van der Waals surface area (Å²) >= 11 is 5.89. The Hall–Kier alpha value is -3.11. The van der Waals surface area contributed by atoms with Crippen LogP contribution in [-0.2, 0) is 17.6 Å². The highest BCUT2D eigenvalue weighted by Crippen LogP contribution is 2.10. The zero-order chi connectivity index (χ0) is 20.5. The molecule has 2 amide bonds. The van der Waals surface area contributed by atoms with Crippen molar-refractivity contribution in [1.29, 1.82) is 0 Å². The van der Waals surface area contributed by atoms with Gasteiger partial charge in [-0.05, 0) is 41.8 Å². The standard InChI is InChI=1S/C24H23ClN2O2/c25-21-13-11-20(12-14-21)23(28)27-22(17-19-9-5-2-6-10-19)24(29)26-16-15-18-7-3-1-4-8-18/h1-14,22H,15-17H2,(H,26,29)(H,27,28). The number of carbonyl (C=O) groups is 2. The fourth-order valence-electron chi connectivity index (χ4n) is 3.00. The van der Waals surface area contributed by atoms with E-state index in [1.54, 1.807) is 24.3 Å². The minimum atomic E-state index is -0.670. The average Bonchev–Trinajstić information content (AvgIpc) is 2.75. The summed E-state index contributed by atoms with van der Waals surface area (Å²) in [5.41, 5.74) is 2.59. The summed E-state index contributed by atoms with van der Waals surface area (Å²) in [6, 6.07) is 25.5. The molecule has 0 aliphatic heterocycles. The van der Waals surface area contributed by atoms with Gasteiger partial charge < -0.3 is 10.6 Å². The van der Waals surface area contributed by atoms with E-state index in [-0.39, 0.29) is 11.8 Å². The summed E-state index contributed by atoms with van der Waals surface area (Å²) in [6.45, 7) is 0.505. The highest BCUT2D eigenvalue weighted by molar-refractivity contribution is 6.30. The molecular weight excluding hydrogens is 384 g/mol. The molecule has 148 valence electrons. The van der Waals surface area contributed by atoms with E-state index in [0.29, 0.717) is 23.6 Å². The maximum absolute atomic E-state index is 12.8. The molecule has 0 bridgehead atoms. The Morgan fingerprint density at radius 1 is 0.793 bits per heavy atom. The van der Waals surface area contributed by atoms with E-state index in [4.69, 9.17) is 11.6 Å². The van der Waals surface area contributed by atoms with E-state index in [1.807, 2.05) is 60.7 Å². The maximum Gasteiger partial charge on any atom is 0.251 e. The van der Waals surface area contributed by atoms with Crippen molar-refractivity contribution in [3.63, 3.8) is 0 Å². The van der Waals surface area contributed by atoms with Crippen LogP contribution in [-0.4, -0.2) is 24.4 Å². The first-order valence-corrected chi connectivity index (χ1v) is 9.91. The monoisotopic (exact) mass is 406 g/mol. The fraction of sp³-hybridized carbons (Fsp3) is 0.167. The first kappa shape index (κ1) is 20.6. The van der Waals surface area contributed by atoms with Gasteiger partial charge in [-0.3, -0.25) is 9.59 Å². The Kier molecular flexibility index (Phi) is 7.42. The molecule has 4 nitrogen and oxygen atoms in total. The molecule has 0 heterocycles. The number of benzene rings is 3. The molecule has 29 heavy (non-hydrogen) atoms. The van der Waals surface area contributed by atoms with Gasteiger partial charge in [0.2, 0.25) is 5.91 Å². The lowest BCUT2D eigenvalue weighted by Gasteiger charge is -2.19. The third-order valence-corrected chi connectivity index (χ3v) is 4.82. The summed E-state index contributed by atoms with van der Waals surface area (Å²) in [6.07, 6.45) is 1.15. The second-order valence-corrected chi connectivity index (χ2v) is 7.19. The van der Waals surface area contributed by atoms with Crippen LogP contribution < -0.4 is 10.6 Å². The van der Waals surface area contributed by atoms with Gasteiger partial charge in [-0.2, -0.15) is 0 Å². The van der Waals surface area contributed by atoms with Crippen molar-refractivity contribution in [2.75, 3.05) is 6.54 Å². The van der Waals surface area contributed by atoms with Crippen LogP contribution in [0, 0.1) is 0 Å². The quantitative estimate of drug-likeness (QED) is 0.593. The van der Waals surface area contributed by atoms with Crippen LogP contribution in [0.15, 0.2) is 84.9 Å². The van der Waals surface area contributed by atoms with Crippen molar-refractivity contribution >= 4 is 23.4 Å². The summed E-state index contributed by atoms with van der Waals surface area (Å²) in [5, 5.41) is 6.35. The second-order valence-electron chi connectivity index (χ2n) is 6.75. The molecule has 0 saturated carbocycles. The lowest BCUT2D eigenvalue weighted by atomic mass is 10.0. The van der Waals surface area contributed by atoms with Gasteiger partial charge in [0.05, 0.1) is 0 Å². The molecule has 0 saturated heterocycles. The van der Waals surface area contributed by atoms with Crippen molar-refractivity contribution < 1.29 is 9.59 Å². The molecule has 0 aliphatic rings. The third-order valence-electron chi connectivity index (χ3n) is 4.57. The number of rotatable bonds is 8. The van der Waals surface area contributed by atoms with Gasteiger partial charge >= 0.3 is 0 Å². The van der Waals surface area contributed by atoms with E-state index in [1.165, 1.54) is 0 Å². The number of halogens is 1. The molecule has 3 aromatic rings. The van der Waals surface area contributed by atoms with Crippen molar-refractivity contribution in [3.05, 3.63) is 107 Å². The van der Waals surface area contributed by atoms with E-state index in [9.17, 15) is 9.59 Å². The Labute approximate surface area is 175 Å². The minimum absolute atomic E-state index is 0.202. The van der Waals surface area contributed by atoms with E-state index in [2.05, 4.69) is 10.6 Å². The molecule has 0 radical (unpaired) electrons. The number of nitrogens with one attached hydrogen (secondary N) is 2. The molecule has 3 aromatic carbocycles. The van der Waals surface area contributed by atoms with E-state index < -0.39 is 6.04 Å². The van der Waals surface area contributed by atoms with Gasteiger partial charge in [0, 0.05) is 23.6 Å². The summed E-state index contributed by atoms with van der Waals surface area (Å²) in [5.74, 6) is -0.507. The Morgan fingerprint density at radius 3 is 2.00 bits per heavy atom. The van der Waals surface area contributed by atoms with Crippen molar-refractivity contribution in [1.82, 2.24) is 10.6 Å². The van der Waals surface area contributed by atoms with Crippen LogP contribution in [0.3, 0.4) is 0 Å². The molecule has 0 spiro atoms. The van der Waals surface area contributed by atoms with Crippen LogP contribution in [0.2, 0.25) is 5.02 Å². The highest BCUT2D eigenvalue weighted by Gasteiger charge is 2.21. The van der Waals surface area contributed by atoms with Gasteiger partial charge in [0.25, 0.3) is 5.91 Å². The van der Waals surface area contributed by atoms with E-state index >= 15 is 0 Å². The topological polar surface area (TPSA) is 58.2 Å². The Balaban J connectivity index is 1.65. The van der Waals surface area contributed by atoms with Crippen molar-refractivity contribution in [2.24, 2.45) is 0 Å². The number of hydrogen-bond donors (Lipinski definition) is 2. The Bertz CT molecular complexity index is 928. The van der Waals surface area contributed by atoms with Crippen molar-refractivity contribution in [2.45, 2.75) is 18.9 Å². The summed E-state index contributed by atoms with van der Waals surface area (Å²) in [4.78, 5) is 25.4. The molecule has 5 heteroatoms. The normalized spacial score (nSPS) is 11.5. The van der Waals surface area contributed by atoms with Gasteiger partial charge in [0.1, 0.15) is 6.04 Å². The lowest BCUT2D eigenvalue weighted by Crippen LogP contribution is -2.48. The smallest absolute Gasteiger partial charge is 0.251 e.